The highest BCUT2D eigenvalue weighted by Gasteiger charge is 2.52. The summed E-state index contributed by atoms with van der Waals surface area (Å²) < 4.78 is 133. The second kappa shape index (κ2) is 48.2. The molecule has 12 rings (SSSR count). The van der Waals surface area contributed by atoms with Gasteiger partial charge >= 0.3 is 72.9 Å². The summed E-state index contributed by atoms with van der Waals surface area (Å²) in [6, 6.07) is 19.7. The Balaban J connectivity index is 0.000000257. The molecule has 4 aliphatic rings. The third-order valence-electron chi connectivity index (χ3n) is 19.6. The number of phosphoric acid groups is 4. The van der Waals surface area contributed by atoms with E-state index in [4.69, 9.17) is 94.0 Å². The number of aliphatic hydroxyl groups excluding tert-OH is 3. The maximum atomic E-state index is 14.0. The summed E-state index contributed by atoms with van der Waals surface area (Å²) in [6.07, 6.45) is -12.9. The number of anilines is 4. The molecule has 18 atom stereocenters. The molecule has 4 aliphatic heterocycles. The number of unbranched alkanes of at least 4 members (excludes halogenated alkanes) is 2. The smallest absolute Gasteiger partial charge is 0.469 e. The fourth-order valence-electron chi connectivity index (χ4n) is 13.3. The number of hydrogen-bond acceptors (Lipinski definition) is 42. The second-order valence-corrected chi connectivity index (χ2v) is 35.8. The van der Waals surface area contributed by atoms with Gasteiger partial charge in [0.2, 0.25) is 0 Å². The number of hydrogen-bond donors (Lipinski definition) is 16. The Morgan fingerprint density at radius 1 is 0.541 bits per heavy atom. The maximum absolute atomic E-state index is 14.0. The van der Waals surface area contributed by atoms with Crippen molar-refractivity contribution in [2.24, 2.45) is 5.92 Å². The van der Waals surface area contributed by atoms with Gasteiger partial charge in [0.1, 0.15) is 128 Å². The Labute approximate surface area is 754 Å². The molecular weight excluding hydrogens is 1850 g/mol. The fourth-order valence-corrected chi connectivity index (χ4v) is 15.9. The molecule has 4 fully saturated rings. The van der Waals surface area contributed by atoms with E-state index in [0.29, 0.717) is 13.0 Å². The number of nitrogens with one attached hydrogen (secondary N) is 3. The lowest BCUT2D eigenvalue weighted by molar-refractivity contribution is -0.159. The number of nitriles is 1. The van der Waals surface area contributed by atoms with E-state index in [1.54, 1.807) is 45.0 Å². The highest BCUT2D eigenvalue weighted by Crippen LogP contribution is 2.52. The molecule has 10 heterocycles. The van der Waals surface area contributed by atoms with Crippen molar-refractivity contribution >= 4 is 107 Å². The molecular formula is C74H102N20O35P4. The van der Waals surface area contributed by atoms with E-state index in [0.717, 1.165) is 45.9 Å². The first kappa shape index (κ1) is 106. The first-order valence-electron chi connectivity index (χ1n) is 40.3. The number of nitrogens with two attached hydrogens (primary N) is 4. The van der Waals surface area contributed by atoms with Crippen molar-refractivity contribution in [3.63, 3.8) is 0 Å². The Morgan fingerprint density at radius 2 is 0.970 bits per heavy atom. The van der Waals surface area contributed by atoms with Crippen LogP contribution < -0.4 is 50.3 Å². The minimum Gasteiger partial charge on any atom is -0.469 e. The number of methoxy groups -OCH3 is 1. The number of carbonyl (C=O) groups is 5. The summed E-state index contributed by atoms with van der Waals surface area (Å²) in [5.41, 5.74) is 22.5. The lowest BCUT2D eigenvalue weighted by Crippen LogP contribution is -2.47. The summed E-state index contributed by atoms with van der Waals surface area (Å²) in [5.74, 6) is -1.51. The zero-order valence-electron chi connectivity index (χ0n) is 71.6. The van der Waals surface area contributed by atoms with E-state index in [1.807, 2.05) is 43.3 Å². The first-order chi connectivity index (χ1) is 62.9. The van der Waals surface area contributed by atoms with Crippen LogP contribution in [0.4, 0.5) is 37.7 Å². The molecule has 0 radical (unpaired) electrons. The summed E-state index contributed by atoms with van der Waals surface area (Å²) in [7, 11) is -18.9. The summed E-state index contributed by atoms with van der Waals surface area (Å²) >= 11 is 0. The molecule has 133 heavy (non-hydrogen) atoms. The molecule has 0 saturated carbocycles. The summed E-state index contributed by atoms with van der Waals surface area (Å²) in [4.78, 5) is 176. The largest absolute Gasteiger partial charge is 0.472 e. The molecule has 55 nitrogen and oxygen atoms in total. The quantitative estimate of drug-likeness (QED) is 0.0114. The van der Waals surface area contributed by atoms with Crippen molar-refractivity contribution in [2.45, 2.75) is 190 Å². The number of nitrogen functional groups attached to an aromatic ring is 4. The van der Waals surface area contributed by atoms with E-state index in [-0.39, 0.29) is 103 Å². The van der Waals surface area contributed by atoms with Crippen LogP contribution in [0.2, 0.25) is 0 Å². The zero-order chi connectivity index (χ0) is 97.3. The second-order valence-electron chi connectivity index (χ2n) is 30.5. The number of alkyl carbamates (subject to hydrolysis) is 3. The van der Waals surface area contributed by atoms with Gasteiger partial charge in [0.15, 0.2) is 41.5 Å². The minimum absolute atomic E-state index is 0.0158. The van der Waals surface area contributed by atoms with Crippen molar-refractivity contribution in [1.82, 2.24) is 74.1 Å². The topological polar surface area (TPSA) is 795 Å². The van der Waals surface area contributed by atoms with E-state index in [9.17, 15) is 86.7 Å². The number of carbonyl (C=O) groups excluding carboxylic acids is 5. The summed E-state index contributed by atoms with van der Waals surface area (Å²) in [6.45, 7) is 7.83. The predicted molar refractivity (Wildman–Crippen MR) is 453 cm³/mol. The number of esters is 2. The SMILES string of the molecule is C#N.CC(C)(C)OC(=O)N[C@@H](CCCCNC(=O)OCc1ccccc1)C(=O)O[C@H]1[C@@H](O)[C@H](n2cnc3c(N)ncnc32)O[C@@H]1COP(=O)(O)O[C@H]1C[C@H](n2ccc(N)nc2=O)O[C@@H]1COP(=O)(O)O.COC(=O)[C@@H](C)CCCCNC(=O)OCc1ccccc1.Nc1ccn([C@H]2C[C@H](OP(=O)(O)OC[C@H]3O[C@@H](n4cnc5c(N)ncnc54)[C@H](O)[C@@H]3O)[C@@H](COP(=O)(O)O)O2)c(=O)n1. The number of aromatic nitrogens is 12. The number of rotatable bonds is 38. The molecule has 0 aliphatic carbocycles. The van der Waals surface area contributed by atoms with Crippen LogP contribution >= 0.6 is 31.3 Å². The fraction of sp³-hybridized carbons (Fsp3) is 0.514. The predicted octanol–water partition coefficient (Wildman–Crippen LogP) is 2.10. The van der Waals surface area contributed by atoms with Crippen molar-refractivity contribution in [1.29, 1.82) is 5.26 Å². The first-order valence-corrected chi connectivity index (χ1v) is 46.3. The Kier molecular flexibility index (Phi) is 38.3. The molecule has 0 bridgehead atoms. The molecule has 4 saturated heterocycles. The number of amides is 3. The van der Waals surface area contributed by atoms with Gasteiger partial charge in [-0.05, 0) is 76.1 Å². The van der Waals surface area contributed by atoms with Gasteiger partial charge < -0.3 is 126 Å². The third-order valence-corrected chi connectivity index (χ3v) is 22.6. The van der Waals surface area contributed by atoms with Crippen LogP contribution in [0, 0.1) is 17.8 Å². The molecule has 728 valence electrons. The standard InChI is InChI=1S/C38H52N10O18P2.C19H26N8O13P2.C16H23NO4.CHN/c1-38(2,3)65-37(53)45-22(11-7-8-13-41-36(52)59-16-21-9-5-4-6-10-21)34(50)64-30-25(63-33(29(30)49)48-20-44-28-31(40)42-19-43-32(28)48)18-61-68(57,58)66-23-15-27(47-14-12-26(39)46-35(47)51)62-24(23)17-60-67(54,55)56;20-11-1-2-26(19(30)25-11)12-3-8(9(38-12)4-36-41(31,32)33)40-42(34,35)37-5-10-14(28)15(29)18(39-10)27-7-24-13-16(21)22-6-23-17(13)27;1-13(15(18)20-2)8-6-7-11-17-16(19)21-12-14-9-4-3-5-10-14;1-2/h4-6,9-10,12,14,19-20,22-25,27,29-30,33,49H,7-8,11,13,15-18H2,1-3H3,(H,41,52)(H,45,53)(H,57,58)(H2,39,46,51)(H2,40,42,43)(H2,54,55,56);1-2,6-10,12,14-15,18,28-29H,3-5H2,(H,34,35)(H2,20,25,30)(H2,21,22,23)(H2,31,32,33);3-5,9-10,13H,6-8,11-12H2,1-2H3,(H,17,19);1H/t22-,23-,24+,25+,27+,29+,30+,33+;8-,9+,10+,12+,14+,15+,18+;13-;/m000./s1. The monoisotopic (exact) mass is 1950 g/mol. The lowest BCUT2D eigenvalue weighted by Gasteiger charge is -2.26. The van der Waals surface area contributed by atoms with E-state index in [2.05, 4.69) is 76.2 Å². The van der Waals surface area contributed by atoms with Crippen LogP contribution in [0.3, 0.4) is 0 Å². The molecule has 3 amide bonds. The van der Waals surface area contributed by atoms with Crippen LogP contribution in [-0.2, 0) is 111 Å². The van der Waals surface area contributed by atoms with Gasteiger partial charge in [0.05, 0.1) is 52.1 Å². The normalized spacial score (nSPS) is 23.0. The van der Waals surface area contributed by atoms with Gasteiger partial charge in [-0.1, -0.05) is 74.0 Å². The molecule has 6 aromatic heterocycles. The molecule has 0 spiro atoms. The van der Waals surface area contributed by atoms with Gasteiger partial charge in [-0.25, -0.2) is 82.2 Å². The van der Waals surface area contributed by atoms with E-state index < -0.39 is 191 Å². The lowest BCUT2D eigenvalue weighted by atomic mass is 10.0. The third kappa shape index (κ3) is 31.8. The van der Waals surface area contributed by atoms with Crippen LogP contribution in [-0.4, -0.2) is 252 Å². The number of aliphatic hydroxyl groups is 3. The molecule has 8 aromatic rings. The molecule has 2 unspecified atom stereocenters. The molecule has 2 aromatic carbocycles. The minimum atomic E-state index is -5.27. The Bertz CT molecular complexity index is 5560. The van der Waals surface area contributed by atoms with E-state index in [1.165, 1.54) is 59.8 Å². The number of ether oxygens (including phenoxy) is 9. The number of nitrogens with zero attached hydrogens (tertiary/aromatic N) is 13. The van der Waals surface area contributed by atoms with Gasteiger partial charge in [-0.15, -0.1) is 0 Å². The van der Waals surface area contributed by atoms with Crippen molar-refractivity contribution in [3.05, 3.63) is 143 Å². The molecule has 20 N–H and O–H groups in total. The highest BCUT2D eigenvalue weighted by molar-refractivity contribution is 7.47. The van der Waals surface area contributed by atoms with Crippen LogP contribution in [0.1, 0.15) is 115 Å². The Morgan fingerprint density at radius 3 is 1.41 bits per heavy atom. The van der Waals surface area contributed by atoms with Gasteiger partial charge in [-0.3, -0.25) is 50.2 Å². The number of imidazole rings is 2. The summed E-state index contributed by atoms with van der Waals surface area (Å²) in [5, 5.41) is 47.1. The average Bonchev–Trinajstić information content (AvgIpc) is 1.62. The molecule has 59 heteroatoms. The van der Waals surface area contributed by atoms with Crippen molar-refractivity contribution in [3.8, 4) is 6.57 Å². The Hall–Kier alpha value is -11.1. The van der Waals surface area contributed by atoms with Crippen molar-refractivity contribution in [2.75, 3.05) is 69.6 Å². The highest BCUT2D eigenvalue weighted by atomic mass is 31.2. The van der Waals surface area contributed by atoms with Gasteiger partial charge in [-0.2, -0.15) is 9.97 Å². The van der Waals surface area contributed by atoms with Crippen LogP contribution in [0.15, 0.2) is 120 Å². The number of fused-ring (bicyclic) bond motifs is 2. The average molecular weight is 1960 g/mol. The van der Waals surface area contributed by atoms with E-state index >= 15 is 0 Å². The van der Waals surface area contributed by atoms with Crippen LogP contribution in [0.25, 0.3) is 22.3 Å². The number of benzene rings is 2. The zero-order valence-corrected chi connectivity index (χ0v) is 75.2. The maximum Gasteiger partial charge on any atom is 0.472 e. The van der Waals surface area contributed by atoms with Gasteiger partial charge in [0.25, 0.3) is 0 Å². The van der Waals surface area contributed by atoms with Crippen LogP contribution in [0.5, 0.6) is 0 Å². The van der Waals surface area contributed by atoms with Gasteiger partial charge in [0, 0.05) is 44.9 Å². The van der Waals surface area contributed by atoms with Crippen molar-refractivity contribution < 1.29 is 157 Å². The number of phosphoric ester groups is 4.